The SMILES string of the molecule is CC(C)(C)c1cc(C#N)cc2ccccc12. The Kier molecular flexibility index (Phi) is 2.44. The highest BCUT2D eigenvalue weighted by atomic mass is 14.3. The molecule has 0 unspecified atom stereocenters. The second kappa shape index (κ2) is 3.64. The zero-order valence-corrected chi connectivity index (χ0v) is 9.91. The van der Waals surface area contributed by atoms with Crippen LogP contribution in [0.25, 0.3) is 10.8 Å². The molecule has 0 heterocycles. The van der Waals surface area contributed by atoms with Crippen molar-refractivity contribution >= 4 is 10.8 Å². The third kappa shape index (κ3) is 1.79. The maximum atomic E-state index is 9.04. The Morgan fingerprint density at radius 1 is 1.06 bits per heavy atom. The van der Waals surface area contributed by atoms with Crippen LogP contribution in [0.1, 0.15) is 31.9 Å². The third-order valence-corrected chi connectivity index (χ3v) is 2.80. The first-order chi connectivity index (χ1) is 7.52. The smallest absolute Gasteiger partial charge is 0.0991 e. The van der Waals surface area contributed by atoms with E-state index >= 15 is 0 Å². The van der Waals surface area contributed by atoms with Gasteiger partial charge in [-0.2, -0.15) is 5.26 Å². The summed E-state index contributed by atoms with van der Waals surface area (Å²) in [5.74, 6) is 0. The number of fused-ring (bicyclic) bond motifs is 1. The Bertz CT molecular complexity index is 568. The van der Waals surface area contributed by atoms with Crippen LogP contribution in [-0.4, -0.2) is 0 Å². The quantitative estimate of drug-likeness (QED) is 0.643. The van der Waals surface area contributed by atoms with Gasteiger partial charge in [0.1, 0.15) is 0 Å². The monoisotopic (exact) mass is 209 g/mol. The summed E-state index contributed by atoms with van der Waals surface area (Å²) in [4.78, 5) is 0. The third-order valence-electron chi connectivity index (χ3n) is 2.80. The minimum absolute atomic E-state index is 0.0620. The molecule has 2 aromatic carbocycles. The largest absolute Gasteiger partial charge is 0.192 e. The molecule has 0 bridgehead atoms. The second-order valence-electron chi connectivity index (χ2n) is 5.11. The standard InChI is InChI=1S/C15H15N/c1-15(2,3)14-9-11(10-16)8-12-6-4-5-7-13(12)14/h4-9H,1-3H3. The van der Waals surface area contributed by atoms with Crippen molar-refractivity contribution in [1.82, 2.24) is 0 Å². The summed E-state index contributed by atoms with van der Waals surface area (Å²) < 4.78 is 0. The van der Waals surface area contributed by atoms with E-state index in [-0.39, 0.29) is 5.41 Å². The number of hydrogen-bond acceptors (Lipinski definition) is 1. The van der Waals surface area contributed by atoms with Gasteiger partial charge in [0.05, 0.1) is 11.6 Å². The minimum Gasteiger partial charge on any atom is -0.192 e. The summed E-state index contributed by atoms with van der Waals surface area (Å²) in [6.07, 6.45) is 0. The van der Waals surface area contributed by atoms with Crippen LogP contribution in [0, 0.1) is 11.3 Å². The van der Waals surface area contributed by atoms with Crippen LogP contribution in [0.4, 0.5) is 0 Å². The first-order valence-electron chi connectivity index (χ1n) is 5.46. The number of hydrogen-bond donors (Lipinski definition) is 0. The summed E-state index contributed by atoms with van der Waals surface area (Å²) in [5.41, 5.74) is 2.04. The molecule has 0 aliphatic heterocycles. The fourth-order valence-electron chi connectivity index (χ4n) is 2.00. The highest BCUT2D eigenvalue weighted by molar-refractivity contribution is 5.87. The molecular weight excluding hydrogens is 194 g/mol. The van der Waals surface area contributed by atoms with Crippen LogP contribution < -0.4 is 0 Å². The molecular formula is C15H15N. The van der Waals surface area contributed by atoms with Crippen LogP contribution in [0.15, 0.2) is 36.4 Å². The lowest BCUT2D eigenvalue weighted by molar-refractivity contribution is 0.596. The lowest BCUT2D eigenvalue weighted by Gasteiger charge is -2.21. The molecule has 16 heavy (non-hydrogen) atoms. The molecule has 0 amide bonds. The molecule has 1 nitrogen and oxygen atoms in total. The van der Waals surface area contributed by atoms with E-state index in [4.69, 9.17) is 5.26 Å². The van der Waals surface area contributed by atoms with E-state index in [0.29, 0.717) is 0 Å². The zero-order valence-electron chi connectivity index (χ0n) is 9.91. The van der Waals surface area contributed by atoms with Crippen LogP contribution in [0.5, 0.6) is 0 Å². The molecule has 0 N–H and O–H groups in total. The van der Waals surface area contributed by atoms with E-state index in [1.165, 1.54) is 10.9 Å². The molecule has 0 atom stereocenters. The van der Waals surface area contributed by atoms with E-state index in [1.54, 1.807) is 0 Å². The lowest BCUT2D eigenvalue weighted by atomic mass is 9.83. The lowest BCUT2D eigenvalue weighted by Crippen LogP contribution is -2.12. The predicted octanol–water partition coefficient (Wildman–Crippen LogP) is 4.01. The molecule has 0 radical (unpaired) electrons. The highest BCUT2D eigenvalue weighted by Crippen LogP contribution is 2.30. The molecule has 2 aromatic rings. The molecule has 0 aliphatic rings. The zero-order chi connectivity index (χ0) is 11.8. The van der Waals surface area contributed by atoms with E-state index in [0.717, 1.165) is 10.9 Å². The van der Waals surface area contributed by atoms with E-state index in [2.05, 4.69) is 39.0 Å². The van der Waals surface area contributed by atoms with E-state index in [9.17, 15) is 0 Å². The van der Waals surface area contributed by atoms with Gasteiger partial charge in [-0.3, -0.25) is 0 Å². The van der Waals surface area contributed by atoms with Gasteiger partial charge >= 0.3 is 0 Å². The number of rotatable bonds is 0. The van der Waals surface area contributed by atoms with Gasteiger partial charge in [-0.1, -0.05) is 45.0 Å². The van der Waals surface area contributed by atoms with Gasteiger partial charge in [0.25, 0.3) is 0 Å². The second-order valence-corrected chi connectivity index (χ2v) is 5.11. The van der Waals surface area contributed by atoms with Crippen LogP contribution in [0.2, 0.25) is 0 Å². The molecule has 1 heteroatoms. The summed E-state index contributed by atoms with van der Waals surface area (Å²) in [5, 5.41) is 11.4. The first kappa shape index (κ1) is 10.7. The summed E-state index contributed by atoms with van der Waals surface area (Å²) >= 11 is 0. The molecule has 0 saturated carbocycles. The van der Waals surface area contributed by atoms with Gasteiger partial charge in [-0.25, -0.2) is 0 Å². The highest BCUT2D eigenvalue weighted by Gasteiger charge is 2.17. The van der Waals surface area contributed by atoms with Gasteiger partial charge in [-0.15, -0.1) is 0 Å². The Labute approximate surface area is 96.3 Å². The minimum atomic E-state index is 0.0620. The fraction of sp³-hybridized carbons (Fsp3) is 0.267. The van der Waals surface area contributed by atoms with Gasteiger partial charge in [-0.05, 0) is 33.9 Å². The van der Waals surface area contributed by atoms with Crippen molar-refractivity contribution in [2.75, 3.05) is 0 Å². The fourth-order valence-corrected chi connectivity index (χ4v) is 2.00. The van der Waals surface area contributed by atoms with Crippen LogP contribution in [0.3, 0.4) is 0 Å². The molecule has 0 fully saturated rings. The Morgan fingerprint density at radius 3 is 2.38 bits per heavy atom. The van der Waals surface area contributed by atoms with Crippen LogP contribution >= 0.6 is 0 Å². The van der Waals surface area contributed by atoms with Gasteiger partial charge in [0.15, 0.2) is 0 Å². The predicted molar refractivity (Wildman–Crippen MR) is 67.4 cm³/mol. The Hall–Kier alpha value is -1.81. The van der Waals surface area contributed by atoms with E-state index in [1.807, 2.05) is 24.3 Å². The van der Waals surface area contributed by atoms with E-state index < -0.39 is 0 Å². The van der Waals surface area contributed by atoms with Crippen molar-refractivity contribution in [3.8, 4) is 6.07 Å². The summed E-state index contributed by atoms with van der Waals surface area (Å²) in [7, 11) is 0. The molecule has 0 saturated heterocycles. The van der Waals surface area contributed by atoms with Crippen molar-refractivity contribution in [2.24, 2.45) is 0 Å². The summed E-state index contributed by atoms with van der Waals surface area (Å²) in [6, 6.07) is 14.4. The van der Waals surface area contributed by atoms with Gasteiger partial charge < -0.3 is 0 Å². The number of nitriles is 1. The summed E-state index contributed by atoms with van der Waals surface area (Å²) in [6.45, 7) is 6.53. The number of nitrogens with zero attached hydrogens (tertiary/aromatic N) is 1. The Morgan fingerprint density at radius 2 is 1.75 bits per heavy atom. The number of benzene rings is 2. The molecule has 0 aromatic heterocycles. The van der Waals surface area contributed by atoms with Crippen molar-refractivity contribution in [1.29, 1.82) is 5.26 Å². The van der Waals surface area contributed by atoms with Crippen molar-refractivity contribution < 1.29 is 0 Å². The van der Waals surface area contributed by atoms with Crippen LogP contribution in [-0.2, 0) is 5.41 Å². The molecule has 2 rings (SSSR count). The first-order valence-corrected chi connectivity index (χ1v) is 5.46. The average molecular weight is 209 g/mol. The van der Waals surface area contributed by atoms with Crippen molar-refractivity contribution in [3.63, 3.8) is 0 Å². The normalized spacial score (nSPS) is 11.4. The van der Waals surface area contributed by atoms with Crippen molar-refractivity contribution in [3.05, 3.63) is 47.5 Å². The molecule has 0 spiro atoms. The molecule has 80 valence electrons. The van der Waals surface area contributed by atoms with Gasteiger partial charge in [0, 0.05) is 0 Å². The topological polar surface area (TPSA) is 23.8 Å². The maximum absolute atomic E-state index is 9.04. The average Bonchev–Trinajstić information content (AvgIpc) is 2.26. The van der Waals surface area contributed by atoms with Crippen molar-refractivity contribution in [2.45, 2.75) is 26.2 Å². The molecule has 0 aliphatic carbocycles. The van der Waals surface area contributed by atoms with Gasteiger partial charge in [0.2, 0.25) is 0 Å². The maximum Gasteiger partial charge on any atom is 0.0991 e. The Balaban J connectivity index is 2.86.